The molecule has 1 fully saturated rings. The molecular formula is C10H20N2O. The Balaban J connectivity index is 2.30. The van der Waals surface area contributed by atoms with Gasteiger partial charge in [0, 0.05) is 18.0 Å². The summed E-state index contributed by atoms with van der Waals surface area (Å²) in [6, 6.07) is 1.14. The van der Waals surface area contributed by atoms with Crippen LogP contribution < -0.4 is 5.32 Å². The SMILES string of the molecule is CC(C)NC1CCCC1COC=N. The maximum absolute atomic E-state index is 6.81. The molecule has 1 aliphatic rings. The Morgan fingerprint density at radius 3 is 2.92 bits per heavy atom. The van der Waals surface area contributed by atoms with Crippen LogP contribution in [-0.4, -0.2) is 25.1 Å². The van der Waals surface area contributed by atoms with E-state index in [4.69, 9.17) is 10.1 Å². The highest BCUT2D eigenvalue weighted by molar-refractivity contribution is 5.40. The first kappa shape index (κ1) is 10.5. The molecule has 13 heavy (non-hydrogen) atoms. The second-order valence-electron chi connectivity index (χ2n) is 4.07. The summed E-state index contributed by atoms with van der Waals surface area (Å²) in [7, 11) is 0. The first-order valence-electron chi connectivity index (χ1n) is 5.10. The van der Waals surface area contributed by atoms with Crippen molar-refractivity contribution in [3.05, 3.63) is 0 Å². The van der Waals surface area contributed by atoms with Gasteiger partial charge in [0.1, 0.15) is 0 Å². The third-order valence-electron chi connectivity index (χ3n) is 2.60. The molecule has 0 aliphatic heterocycles. The van der Waals surface area contributed by atoms with Gasteiger partial charge in [0.2, 0.25) is 0 Å². The Labute approximate surface area is 80.4 Å². The van der Waals surface area contributed by atoms with Gasteiger partial charge in [0.05, 0.1) is 6.61 Å². The van der Waals surface area contributed by atoms with Gasteiger partial charge in [-0.2, -0.15) is 0 Å². The second kappa shape index (κ2) is 5.22. The Hall–Kier alpha value is -0.570. The van der Waals surface area contributed by atoms with Gasteiger partial charge in [-0.05, 0) is 12.8 Å². The lowest BCUT2D eigenvalue weighted by molar-refractivity contribution is 0.218. The van der Waals surface area contributed by atoms with E-state index in [9.17, 15) is 0 Å². The van der Waals surface area contributed by atoms with Crippen molar-refractivity contribution in [3.8, 4) is 0 Å². The zero-order valence-electron chi connectivity index (χ0n) is 8.55. The number of rotatable bonds is 5. The maximum atomic E-state index is 6.81. The third-order valence-corrected chi connectivity index (χ3v) is 2.60. The van der Waals surface area contributed by atoms with Gasteiger partial charge in [0.15, 0.2) is 6.40 Å². The van der Waals surface area contributed by atoms with E-state index < -0.39 is 0 Å². The zero-order chi connectivity index (χ0) is 9.68. The molecule has 1 rings (SSSR count). The van der Waals surface area contributed by atoms with Crippen molar-refractivity contribution in [2.45, 2.75) is 45.2 Å². The molecule has 0 bridgehead atoms. The molecule has 0 amide bonds. The Morgan fingerprint density at radius 2 is 2.31 bits per heavy atom. The highest BCUT2D eigenvalue weighted by Crippen LogP contribution is 2.26. The molecule has 0 aromatic rings. The molecule has 1 aliphatic carbocycles. The molecule has 0 radical (unpaired) electrons. The van der Waals surface area contributed by atoms with E-state index in [0.717, 1.165) is 6.40 Å². The van der Waals surface area contributed by atoms with Gasteiger partial charge in [-0.25, -0.2) is 0 Å². The normalized spacial score (nSPS) is 27.9. The standard InChI is InChI=1S/C10H20N2O/c1-8(2)12-10-5-3-4-9(10)6-13-7-11/h7-12H,3-6H2,1-2H3. The molecule has 3 heteroatoms. The molecule has 2 unspecified atom stereocenters. The summed E-state index contributed by atoms with van der Waals surface area (Å²) >= 11 is 0. The lowest BCUT2D eigenvalue weighted by atomic mass is 10.0. The molecule has 0 aromatic heterocycles. The number of ether oxygens (including phenoxy) is 1. The summed E-state index contributed by atoms with van der Waals surface area (Å²) in [5.74, 6) is 0.601. The van der Waals surface area contributed by atoms with Crippen molar-refractivity contribution >= 4 is 6.40 Å². The van der Waals surface area contributed by atoms with E-state index in [1.165, 1.54) is 19.3 Å². The summed E-state index contributed by atoms with van der Waals surface area (Å²) in [5.41, 5.74) is 0. The lowest BCUT2D eigenvalue weighted by Gasteiger charge is -2.22. The lowest BCUT2D eigenvalue weighted by Crippen LogP contribution is -2.38. The molecule has 1 saturated carbocycles. The number of hydrogen-bond donors (Lipinski definition) is 2. The van der Waals surface area contributed by atoms with Gasteiger partial charge in [-0.1, -0.05) is 20.3 Å². The van der Waals surface area contributed by atoms with Crippen LogP contribution in [0.4, 0.5) is 0 Å². The Kier molecular flexibility index (Phi) is 4.22. The van der Waals surface area contributed by atoms with E-state index >= 15 is 0 Å². The van der Waals surface area contributed by atoms with Crippen molar-refractivity contribution in [1.29, 1.82) is 5.41 Å². The molecule has 0 aromatic carbocycles. The molecule has 0 spiro atoms. The first-order chi connectivity index (χ1) is 6.24. The summed E-state index contributed by atoms with van der Waals surface area (Å²) in [4.78, 5) is 0. The van der Waals surface area contributed by atoms with Crippen LogP contribution in [0, 0.1) is 11.3 Å². The first-order valence-corrected chi connectivity index (χ1v) is 5.10. The highest BCUT2D eigenvalue weighted by Gasteiger charge is 2.27. The van der Waals surface area contributed by atoms with Crippen molar-refractivity contribution in [1.82, 2.24) is 5.32 Å². The van der Waals surface area contributed by atoms with Crippen molar-refractivity contribution < 1.29 is 4.74 Å². The summed E-state index contributed by atoms with van der Waals surface area (Å²) < 4.78 is 5.03. The molecule has 0 heterocycles. The van der Waals surface area contributed by atoms with Crippen molar-refractivity contribution in [3.63, 3.8) is 0 Å². The molecule has 2 atom stereocenters. The minimum atomic E-state index is 0.547. The smallest absolute Gasteiger partial charge is 0.166 e. The van der Waals surface area contributed by atoms with Crippen molar-refractivity contribution in [2.24, 2.45) is 5.92 Å². The van der Waals surface area contributed by atoms with Gasteiger partial charge >= 0.3 is 0 Å². The average Bonchev–Trinajstić information content (AvgIpc) is 2.48. The fourth-order valence-corrected chi connectivity index (χ4v) is 2.06. The van der Waals surface area contributed by atoms with Crippen LogP contribution in [-0.2, 0) is 4.74 Å². The third kappa shape index (κ3) is 3.35. The summed E-state index contributed by atoms with van der Waals surface area (Å²) in [5, 5.41) is 10.4. The Bertz CT molecular complexity index is 159. The van der Waals surface area contributed by atoms with E-state index in [2.05, 4.69) is 19.2 Å². The zero-order valence-corrected chi connectivity index (χ0v) is 8.55. The van der Waals surface area contributed by atoms with Crippen LogP contribution in [0.25, 0.3) is 0 Å². The second-order valence-corrected chi connectivity index (χ2v) is 4.07. The van der Waals surface area contributed by atoms with Crippen LogP contribution in [0.15, 0.2) is 0 Å². The number of hydrogen-bond acceptors (Lipinski definition) is 3. The summed E-state index contributed by atoms with van der Waals surface area (Å²) in [6.07, 6.45) is 4.82. The van der Waals surface area contributed by atoms with Crippen LogP contribution in [0.3, 0.4) is 0 Å². The van der Waals surface area contributed by atoms with E-state index in [1.807, 2.05) is 0 Å². The topological polar surface area (TPSA) is 45.1 Å². The molecular weight excluding hydrogens is 164 g/mol. The monoisotopic (exact) mass is 184 g/mol. The highest BCUT2D eigenvalue weighted by atomic mass is 16.5. The molecule has 3 nitrogen and oxygen atoms in total. The maximum Gasteiger partial charge on any atom is 0.166 e. The predicted octanol–water partition coefficient (Wildman–Crippen LogP) is 1.78. The summed E-state index contributed by atoms with van der Waals surface area (Å²) in [6.45, 7) is 5.05. The quantitative estimate of drug-likeness (QED) is 0.505. The van der Waals surface area contributed by atoms with E-state index in [1.54, 1.807) is 0 Å². The van der Waals surface area contributed by atoms with Crippen LogP contribution >= 0.6 is 0 Å². The van der Waals surface area contributed by atoms with Gasteiger partial charge in [-0.3, -0.25) is 5.41 Å². The van der Waals surface area contributed by atoms with Gasteiger partial charge in [-0.15, -0.1) is 0 Å². The number of nitrogens with one attached hydrogen (secondary N) is 2. The fourth-order valence-electron chi connectivity index (χ4n) is 2.06. The van der Waals surface area contributed by atoms with E-state index in [0.29, 0.717) is 24.6 Å². The molecule has 2 N–H and O–H groups in total. The largest absolute Gasteiger partial charge is 0.483 e. The van der Waals surface area contributed by atoms with Gasteiger partial charge in [0.25, 0.3) is 0 Å². The fraction of sp³-hybridized carbons (Fsp3) is 0.900. The average molecular weight is 184 g/mol. The van der Waals surface area contributed by atoms with Crippen LogP contribution in [0.1, 0.15) is 33.1 Å². The molecule has 76 valence electrons. The van der Waals surface area contributed by atoms with Crippen LogP contribution in [0.5, 0.6) is 0 Å². The molecule has 0 saturated heterocycles. The predicted molar refractivity (Wildman–Crippen MR) is 54.1 cm³/mol. The minimum absolute atomic E-state index is 0.547. The Morgan fingerprint density at radius 1 is 1.54 bits per heavy atom. The minimum Gasteiger partial charge on any atom is -0.483 e. The van der Waals surface area contributed by atoms with E-state index in [-0.39, 0.29) is 0 Å². The van der Waals surface area contributed by atoms with Crippen LogP contribution in [0.2, 0.25) is 0 Å². The van der Waals surface area contributed by atoms with Crippen molar-refractivity contribution in [2.75, 3.05) is 6.61 Å². The van der Waals surface area contributed by atoms with Gasteiger partial charge < -0.3 is 10.1 Å².